The smallest absolute Gasteiger partial charge is 0.475 e. The van der Waals surface area contributed by atoms with E-state index in [1.165, 1.54) is 37.1 Å². The molecule has 4 rings (SSSR count). The molecule has 3 heterocycles. The number of aromatic nitrogens is 1. The van der Waals surface area contributed by atoms with Crippen molar-refractivity contribution in [1.82, 2.24) is 10.1 Å². The van der Waals surface area contributed by atoms with E-state index in [4.69, 9.17) is 14.4 Å². The van der Waals surface area contributed by atoms with E-state index in [0.29, 0.717) is 29.1 Å². The summed E-state index contributed by atoms with van der Waals surface area (Å²) in [4.78, 5) is 26.6. The maximum Gasteiger partial charge on any atom is 0.490 e. The maximum absolute atomic E-state index is 12.6. The Morgan fingerprint density at radius 2 is 1.86 bits per heavy atom. The summed E-state index contributed by atoms with van der Waals surface area (Å²) in [7, 11) is 0. The molecule has 0 spiro atoms. The minimum Gasteiger partial charge on any atom is -0.475 e. The first-order valence-corrected chi connectivity index (χ1v) is 11.5. The van der Waals surface area contributed by atoms with Crippen LogP contribution in [-0.2, 0) is 4.79 Å². The maximum atomic E-state index is 12.6. The highest BCUT2D eigenvalue weighted by Crippen LogP contribution is 2.31. The number of rotatable bonds is 4. The summed E-state index contributed by atoms with van der Waals surface area (Å²) in [5, 5.41) is 14.0. The molecular formula is C24H31F3N4O4. The molecule has 192 valence electrons. The van der Waals surface area contributed by atoms with Crippen LogP contribution in [0.5, 0.6) is 0 Å². The first-order chi connectivity index (χ1) is 16.4. The first kappa shape index (κ1) is 26.5. The van der Waals surface area contributed by atoms with Crippen LogP contribution in [0.25, 0.3) is 0 Å². The molecule has 0 aliphatic carbocycles. The number of nitrogens with zero attached hydrogens (tertiary/aromatic N) is 3. The molecule has 11 heteroatoms. The van der Waals surface area contributed by atoms with E-state index >= 15 is 0 Å². The van der Waals surface area contributed by atoms with Crippen molar-refractivity contribution in [3.8, 4) is 0 Å². The number of benzene rings is 1. The molecule has 2 unspecified atom stereocenters. The lowest BCUT2D eigenvalue weighted by Gasteiger charge is -2.29. The van der Waals surface area contributed by atoms with Gasteiger partial charge in [0, 0.05) is 36.5 Å². The highest BCUT2D eigenvalue weighted by Gasteiger charge is 2.38. The summed E-state index contributed by atoms with van der Waals surface area (Å²) in [6.07, 6.45) is -1.19. The number of carbonyl (C=O) groups excluding carboxylic acids is 1. The van der Waals surface area contributed by atoms with E-state index < -0.39 is 12.1 Å². The van der Waals surface area contributed by atoms with Gasteiger partial charge in [0.05, 0.1) is 5.69 Å². The van der Waals surface area contributed by atoms with Crippen molar-refractivity contribution in [1.29, 1.82) is 0 Å². The van der Waals surface area contributed by atoms with Crippen LogP contribution in [0.1, 0.15) is 53.6 Å². The van der Waals surface area contributed by atoms with Crippen molar-refractivity contribution in [3.63, 3.8) is 0 Å². The number of likely N-dealkylation sites (tertiary alicyclic amines) is 1. The lowest BCUT2D eigenvalue weighted by atomic mass is 10.1. The Morgan fingerprint density at radius 3 is 2.37 bits per heavy atom. The summed E-state index contributed by atoms with van der Waals surface area (Å²) in [6, 6.07) is 7.55. The van der Waals surface area contributed by atoms with Gasteiger partial charge in [0.25, 0.3) is 5.91 Å². The average molecular weight is 497 g/mol. The number of hydrogen-bond acceptors (Lipinski definition) is 6. The molecule has 1 aromatic carbocycles. The van der Waals surface area contributed by atoms with Crippen molar-refractivity contribution in [2.75, 3.05) is 29.9 Å². The van der Waals surface area contributed by atoms with Crippen molar-refractivity contribution in [2.24, 2.45) is 0 Å². The number of hydrogen-bond donors (Lipinski definition) is 2. The number of anilines is 2. The molecule has 2 saturated heterocycles. The van der Waals surface area contributed by atoms with Crippen LogP contribution in [0, 0.1) is 20.8 Å². The van der Waals surface area contributed by atoms with Crippen LogP contribution >= 0.6 is 0 Å². The van der Waals surface area contributed by atoms with Gasteiger partial charge in [-0.1, -0.05) is 5.16 Å². The van der Waals surface area contributed by atoms with Gasteiger partial charge in [-0.15, -0.1) is 0 Å². The minimum absolute atomic E-state index is 0.173. The number of nitrogens with one attached hydrogen (secondary N) is 1. The van der Waals surface area contributed by atoms with Crippen molar-refractivity contribution >= 4 is 23.3 Å². The Labute approximate surface area is 202 Å². The zero-order chi connectivity index (χ0) is 25.9. The summed E-state index contributed by atoms with van der Waals surface area (Å²) < 4.78 is 36.8. The predicted molar refractivity (Wildman–Crippen MR) is 125 cm³/mol. The normalized spacial score (nSPS) is 20.5. The Kier molecular flexibility index (Phi) is 8.09. The van der Waals surface area contributed by atoms with Crippen LogP contribution in [0.2, 0.25) is 0 Å². The van der Waals surface area contributed by atoms with Gasteiger partial charge in [0.15, 0.2) is 0 Å². The SMILES string of the molecule is Cc1cc(NC(=O)c2c(C)noc2C)ccc1N1CCC(N2CCCC2C)C1.O=C(O)C(F)(F)F. The average Bonchev–Trinajstić information content (AvgIpc) is 3.48. The second-order valence-corrected chi connectivity index (χ2v) is 9.08. The number of amides is 1. The van der Waals surface area contributed by atoms with Gasteiger partial charge in [-0.3, -0.25) is 9.69 Å². The van der Waals surface area contributed by atoms with Crippen LogP contribution < -0.4 is 10.2 Å². The van der Waals surface area contributed by atoms with Crippen molar-refractivity contribution in [3.05, 3.63) is 40.8 Å². The first-order valence-electron chi connectivity index (χ1n) is 11.5. The molecule has 0 saturated carbocycles. The third kappa shape index (κ3) is 6.33. The molecule has 35 heavy (non-hydrogen) atoms. The zero-order valence-electron chi connectivity index (χ0n) is 20.3. The highest BCUT2D eigenvalue weighted by atomic mass is 19.4. The predicted octanol–water partition coefficient (Wildman–Crippen LogP) is 4.55. The van der Waals surface area contributed by atoms with E-state index in [1.54, 1.807) is 13.8 Å². The molecule has 1 amide bonds. The van der Waals surface area contributed by atoms with E-state index in [2.05, 4.69) is 46.3 Å². The van der Waals surface area contributed by atoms with Gasteiger partial charge >= 0.3 is 12.1 Å². The van der Waals surface area contributed by atoms with Gasteiger partial charge < -0.3 is 19.8 Å². The Morgan fingerprint density at radius 1 is 1.17 bits per heavy atom. The molecular weight excluding hydrogens is 465 g/mol. The van der Waals surface area contributed by atoms with Gasteiger partial charge in [-0.2, -0.15) is 13.2 Å². The summed E-state index contributed by atoms with van der Waals surface area (Å²) in [5.74, 6) is -2.39. The number of halogens is 3. The summed E-state index contributed by atoms with van der Waals surface area (Å²) in [6.45, 7) is 11.4. The molecule has 8 nitrogen and oxygen atoms in total. The van der Waals surface area contributed by atoms with E-state index in [1.807, 2.05) is 6.07 Å². The molecule has 2 aromatic rings. The Balaban J connectivity index is 0.000000429. The standard InChI is InChI=1S/C22H30N4O2.C2HF3O2/c1-14-12-18(23-22(27)21-16(3)24-28-17(21)4)7-8-20(14)25-11-9-19(13-25)26-10-5-6-15(26)2;3-2(4,5)1(6)7/h7-8,12,15,19H,5-6,9-11,13H2,1-4H3,(H,23,27);(H,6,7). The van der Waals surface area contributed by atoms with Crippen LogP contribution in [0.3, 0.4) is 0 Å². The third-order valence-electron chi connectivity index (χ3n) is 6.54. The quantitative estimate of drug-likeness (QED) is 0.641. The van der Waals surface area contributed by atoms with E-state index in [-0.39, 0.29) is 5.91 Å². The molecule has 2 atom stereocenters. The lowest BCUT2D eigenvalue weighted by Crippen LogP contribution is -2.39. The van der Waals surface area contributed by atoms with Gasteiger partial charge in [-0.25, -0.2) is 4.79 Å². The number of aryl methyl sites for hydroxylation is 3. The van der Waals surface area contributed by atoms with Crippen LogP contribution in [0.15, 0.2) is 22.7 Å². The Hall–Kier alpha value is -3.08. The molecule has 2 aliphatic heterocycles. The number of aliphatic carboxylic acids is 1. The summed E-state index contributed by atoms with van der Waals surface area (Å²) >= 11 is 0. The third-order valence-corrected chi connectivity index (χ3v) is 6.54. The van der Waals surface area contributed by atoms with Crippen molar-refractivity contribution < 1.29 is 32.4 Å². The van der Waals surface area contributed by atoms with Crippen LogP contribution in [0.4, 0.5) is 24.5 Å². The second kappa shape index (κ2) is 10.7. The van der Waals surface area contributed by atoms with Gasteiger partial charge in [0.1, 0.15) is 11.3 Å². The topological polar surface area (TPSA) is 98.9 Å². The fourth-order valence-corrected chi connectivity index (χ4v) is 4.82. The van der Waals surface area contributed by atoms with Gasteiger partial charge in [0.2, 0.25) is 0 Å². The van der Waals surface area contributed by atoms with E-state index in [0.717, 1.165) is 18.8 Å². The molecule has 1 aromatic heterocycles. The second-order valence-electron chi connectivity index (χ2n) is 9.08. The lowest BCUT2D eigenvalue weighted by molar-refractivity contribution is -0.192. The molecule has 0 radical (unpaired) electrons. The largest absolute Gasteiger partial charge is 0.490 e. The summed E-state index contributed by atoms with van der Waals surface area (Å²) in [5.41, 5.74) is 4.39. The zero-order valence-corrected chi connectivity index (χ0v) is 20.3. The van der Waals surface area contributed by atoms with Gasteiger partial charge in [-0.05, 0) is 77.3 Å². The molecule has 2 fully saturated rings. The fourth-order valence-electron chi connectivity index (χ4n) is 4.82. The van der Waals surface area contributed by atoms with Crippen LogP contribution in [-0.4, -0.2) is 64.9 Å². The number of carboxylic acid groups (broad SMARTS) is 1. The minimum atomic E-state index is -5.08. The monoisotopic (exact) mass is 496 g/mol. The van der Waals surface area contributed by atoms with E-state index in [9.17, 15) is 18.0 Å². The fraction of sp³-hybridized carbons (Fsp3) is 0.542. The molecule has 2 N–H and O–H groups in total. The van der Waals surface area contributed by atoms with Crippen molar-refractivity contribution in [2.45, 2.75) is 65.2 Å². The molecule has 0 bridgehead atoms. The number of carboxylic acids is 1. The number of carbonyl (C=O) groups is 2. The number of alkyl halides is 3. The molecule has 2 aliphatic rings. The Bertz CT molecular complexity index is 1050. The highest BCUT2D eigenvalue weighted by molar-refractivity contribution is 6.05.